The van der Waals surface area contributed by atoms with Crippen LogP contribution in [0.2, 0.25) is 0 Å². The molecule has 1 fully saturated rings. The number of rotatable bonds is 6. The number of piperidine rings is 1. The first-order chi connectivity index (χ1) is 12.2. The standard InChI is InChI=1S/C20H25NO3S/c1-3-23-18-6-5-16(13-19(18)24-4-2)20(22)21-10-7-15(8-11-21)17-9-12-25-14-17/h5-6,9,12-15H,3-4,7-8,10-11H2,1-2H3. The van der Waals surface area contributed by atoms with Crippen molar-refractivity contribution >= 4 is 17.2 Å². The zero-order chi connectivity index (χ0) is 17.6. The van der Waals surface area contributed by atoms with E-state index in [-0.39, 0.29) is 5.91 Å². The number of ether oxygens (including phenoxy) is 2. The normalized spacial score (nSPS) is 15.2. The van der Waals surface area contributed by atoms with E-state index >= 15 is 0 Å². The third kappa shape index (κ3) is 4.15. The van der Waals surface area contributed by atoms with Crippen LogP contribution in [0, 0.1) is 0 Å². The summed E-state index contributed by atoms with van der Waals surface area (Å²) in [5.41, 5.74) is 2.08. The molecule has 5 heteroatoms. The van der Waals surface area contributed by atoms with Crippen molar-refractivity contribution in [2.75, 3.05) is 26.3 Å². The summed E-state index contributed by atoms with van der Waals surface area (Å²) in [6.45, 7) is 6.59. The molecule has 4 nitrogen and oxygen atoms in total. The first-order valence-corrected chi connectivity index (χ1v) is 9.88. The molecule has 0 spiro atoms. The number of likely N-dealkylation sites (tertiary alicyclic amines) is 1. The van der Waals surface area contributed by atoms with Gasteiger partial charge in [-0.2, -0.15) is 11.3 Å². The molecule has 2 aromatic rings. The second-order valence-corrected chi connectivity index (χ2v) is 6.93. The van der Waals surface area contributed by atoms with Crippen LogP contribution in [-0.2, 0) is 0 Å². The second-order valence-electron chi connectivity index (χ2n) is 6.15. The number of benzene rings is 1. The van der Waals surface area contributed by atoms with Crippen LogP contribution in [0.4, 0.5) is 0 Å². The molecule has 0 bridgehead atoms. The number of hydrogen-bond acceptors (Lipinski definition) is 4. The molecule has 1 aliphatic rings. The summed E-state index contributed by atoms with van der Waals surface area (Å²) in [5, 5.41) is 4.35. The molecule has 0 aliphatic carbocycles. The molecule has 0 radical (unpaired) electrons. The van der Waals surface area contributed by atoms with Gasteiger partial charge in [-0.3, -0.25) is 4.79 Å². The Labute approximate surface area is 153 Å². The van der Waals surface area contributed by atoms with Crippen molar-refractivity contribution in [3.8, 4) is 11.5 Å². The zero-order valence-corrected chi connectivity index (χ0v) is 15.7. The van der Waals surface area contributed by atoms with E-state index in [0.717, 1.165) is 25.9 Å². The molecule has 1 aromatic carbocycles. The van der Waals surface area contributed by atoms with Crippen LogP contribution in [-0.4, -0.2) is 37.1 Å². The predicted molar refractivity (Wildman–Crippen MR) is 101 cm³/mol. The van der Waals surface area contributed by atoms with Gasteiger partial charge in [-0.05, 0) is 73.2 Å². The van der Waals surface area contributed by atoms with E-state index in [1.807, 2.05) is 36.9 Å². The topological polar surface area (TPSA) is 38.8 Å². The average Bonchev–Trinajstić information content (AvgIpc) is 3.18. The van der Waals surface area contributed by atoms with Gasteiger partial charge in [-0.15, -0.1) is 0 Å². The van der Waals surface area contributed by atoms with Crippen LogP contribution in [0.3, 0.4) is 0 Å². The minimum Gasteiger partial charge on any atom is -0.490 e. The van der Waals surface area contributed by atoms with E-state index in [2.05, 4.69) is 16.8 Å². The monoisotopic (exact) mass is 359 g/mol. The van der Waals surface area contributed by atoms with E-state index < -0.39 is 0 Å². The highest BCUT2D eigenvalue weighted by Gasteiger charge is 2.25. The minimum atomic E-state index is 0.0766. The van der Waals surface area contributed by atoms with Crippen LogP contribution in [0.1, 0.15) is 48.5 Å². The Hall–Kier alpha value is -2.01. The molecule has 0 saturated carbocycles. The van der Waals surface area contributed by atoms with Crippen molar-refractivity contribution in [3.05, 3.63) is 46.2 Å². The van der Waals surface area contributed by atoms with E-state index in [0.29, 0.717) is 36.2 Å². The third-order valence-electron chi connectivity index (χ3n) is 4.59. The van der Waals surface area contributed by atoms with Gasteiger partial charge in [-0.1, -0.05) is 0 Å². The van der Waals surface area contributed by atoms with E-state index in [4.69, 9.17) is 9.47 Å². The molecular formula is C20H25NO3S. The summed E-state index contributed by atoms with van der Waals surface area (Å²) in [6.07, 6.45) is 2.05. The van der Waals surface area contributed by atoms with Crippen LogP contribution < -0.4 is 9.47 Å². The van der Waals surface area contributed by atoms with Crippen LogP contribution in [0.5, 0.6) is 11.5 Å². The van der Waals surface area contributed by atoms with Gasteiger partial charge in [0.1, 0.15) is 0 Å². The molecule has 1 saturated heterocycles. The van der Waals surface area contributed by atoms with Gasteiger partial charge in [0.05, 0.1) is 13.2 Å². The van der Waals surface area contributed by atoms with Crippen molar-refractivity contribution in [1.29, 1.82) is 0 Å². The first kappa shape index (κ1) is 17.8. The lowest BCUT2D eigenvalue weighted by atomic mass is 9.91. The number of nitrogens with zero attached hydrogens (tertiary/aromatic N) is 1. The van der Waals surface area contributed by atoms with Gasteiger partial charge in [0.25, 0.3) is 5.91 Å². The fraction of sp³-hybridized carbons (Fsp3) is 0.450. The van der Waals surface area contributed by atoms with Crippen molar-refractivity contribution < 1.29 is 14.3 Å². The van der Waals surface area contributed by atoms with Crippen molar-refractivity contribution in [3.63, 3.8) is 0 Å². The van der Waals surface area contributed by atoms with Gasteiger partial charge in [0, 0.05) is 18.7 Å². The molecule has 1 aliphatic heterocycles. The fourth-order valence-corrected chi connectivity index (χ4v) is 4.03. The molecule has 1 amide bonds. The molecule has 0 atom stereocenters. The Balaban J connectivity index is 1.67. The number of carbonyl (C=O) groups excluding carboxylic acids is 1. The molecule has 2 heterocycles. The highest BCUT2D eigenvalue weighted by atomic mass is 32.1. The quantitative estimate of drug-likeness (QED) is 0.759. The molecule has 3 rings (SSSR count). The predicted octanol–water partition coefficient (Wildman–Crippen LogP) is 4.57. The fourth-order valence-electron chi connectivity index (χ4n) is 3.29. The zero-order valence-electron chi connectivity index (χ0n) is 14.9. The lowest BCUT2D eigenvalue weighted by Crippen LogP contribution is -2.37. The Bertz CT molecular complexity index is 691. The highest BCUT2D eigenvalue weighted by Crippen LogP contribution is 2.32. The van der Waals surface area contributed by atoms with E-state index in [9.17, 15) is 4.79 Å². The Kier molecular flexibility index (Phi) is 5.97. The maximum atomic E-state index is 12.9. The number of carbonyl (C=O) groups is 1. The maximum Gasteiger partial charge on any atom is 0.253 e. The third-order valence-corrected chi connectivity index (χ3v) is 5.29. The van der Waals surface area contributed by atoms with Crippen LogP contribution in [0.25, 0.3) is 0 Å². The lowest BCUT2D eigenvalue weighted by Gasteiger charge is -2.32. The van der Waals surface area contributed by atoms with Crippen molar-refractivity contribution in [2.24, 2.45) is 0 Å². The summed E-state index contributed by atoms with van der Waals surface area (Å²) in [6, 6.07) is 7.68. The number of amides is 1. The first-order valence-electron chi connectivity index (χ1n) is 8.94. The smallest absolute Gasteiger partial charge is 0.253 e. The SMILES string of the molecule is CCOc1ccc(C(=O)N2CCC(c3ccsc3)CC2)cc1OCC. The van der Waals surface area contributed by atoms with E-state index in [1.165, 1.54) is 5.56 Å². The van der Waals surface area contributed by atoms with Crippen LogP contribution in [0.15, 0.2) is 35.0 Å². The van der Waals surface area contributed by atoms with E-state index in [1.54, 1.807) is 11.3 Å². The molecule has 0 N–H and O–H groups in total. The summed E-state index contributed by atoms with van der Waals surface area (Å²) in [4.78, 5) is 14.8. The molecule has 25 heavy (non-hydrogen) atoms. The minimum absolute atomic E-state index is 0.0766. The lowest BCUT2D eigenvalue weighted by molar-refractivity contribution is 0.0712. The Morgan fingerprint density at radius 1 is 1.12 bits per heavy atom. The summed E-state index contributed by atoms with van der Waals surface area (Å²) in [5.74, 6) is 1.99. The molecule has 1 aromatic heterocycles. The van der Waals surface area contributed by atoms with Gasteiger partial charge >= 0.3 is 0 Å². The highest BCUT2D eigenvalue weighted by molar-refractivity contribution is 7.07. The molecule has 134 valence electrons. The van der Waals surface area contributed by atoms with Gasteiger partial charge in [0.15, 0.2) is 11.5 Å². The molecular weight excluding hydrogens is 334 g/mol. The van der Waals surface area contributed by atoms with Gasteiger partial charge < -0.3 is 14.4 Å². The summed E-state index contributed by atoms with van der Waals surface area (Å²) < 4.78 is 11.2. The number of thiophene rings is 1. The summed E-state index contributed by atoms with van der Waals surface area (Å²) in [7, 11) is 0. The molecule has 0 unspecified atom stereocenters. The average molecular weight is 359 g/mol. The Morgan fingerprint density at radius 2 is 1.84 bits per heavy atom. The van der Waals surface area contributed by atoms with Crippen molar-refractivity contribution in [1.82, 2.24) is 4.90 Å². The summed E-state index contributed by atoms with van der Waals surface area (Å²) >= 11 is 1.74. The second kappa shape index (κ2) is 8.39. The van der Waals surface area contributed by atoms with Crippen LogP contribution >= 0.6 is 11.3 Å². The largest absolute Gasteiger partial charge is 0.490 e. The maximum absolute atomic E-state index is 12.9. The van der Waals surface area contributed by atoms with Gasteiger partial charge in [0.2, 0.25) is 0 Å². The Morgan fingerprint density at radius 3 is 2.48 bits per heavy atom. The van der Waals surface area contributed by atoms with Gasteiger partial charge in [-0.25, -0.2) is 0 Å². The van der Waals surface area contributed by atoms with Crippen molar-refractivity contribution in [2.45, 2.75) is 32.6 Å². The number of hydrogen-bond donors (Lipinski definition) is 0.